The molecule has 0 spiro atoms. The highest BCUT2D eigenvalue weighted by Crippen LogP contribution is 2.29. The first-order chi connectivity index (χ1) is 5.54. The van der Waals surface area contributed by atoms with Gasteiger partial charge in [0.05, 0.1) is 9.40 Å². The Kier molecular flexibility index (Phi) is 2.69. The molecule has 0 atom stereocenters. The second kappa shape index (κ2) is 3.40. The van der Waals surface area contributed by atoms with Gasteiger partial charge < -0.3 is 0 Å². The van der Waals surface area contributed by atoms with Gasteiger partial charge in [-0.05, 0) is 22.0 Å². The minimum Gasteiger partial charge on any atom is -0.258 e. The Morgan fingerprint density at radius 3 is 2.67 bits per heavy atom. The number of halogens is 2. The lowest BCUT2D eigenvalue weighted by atomic mass is 10.3. The van der Waals surface area contributed by atoms with Crippen LogP contribution in [0.1, 0.15) is 0 Å². The van der Waals surface area contributed by atoms with Gasteiger partial charge in [-0.25, -0.2) is 0 Å². The van der Waals surface area contributed by atoms with Crippen molar-refractivity contribution in [1.82, 2.24) is 0 Å². The van der Waals surface area contributed by atoms with Crippen LogP contribution in [0, 0.1) is 15.9 Å². The Morgan fingerprint density at radius 1 is 1.58 bits per heavy atom. The molecule has 6 heteroatoms. The summed E-state index contributed by atoms with van der Waals surface area (Å²) in [5.41, 5.74) is -0.556. The Labute approximate surface area is 81.3 Å². The van der Waals surface area contributed by atoms with Crippen molar-refractivity contribution < 1.29 is 9.31 Å². The molecule has 0 bridgehead atoms. The summed E-state index contributed by atoms with van der Waals surface area (Å²) in [5, 5.41) is 10.2. The van der Waals surface area contributed by atoms with E-state index in [1.165, 1.54) is 6.07 Å². The fraction of sp³-hybridized carbons (Fsp3) is 0. The standard InChI is InChI=1S/C6H3BrFNO2S/c7-5-4(12)2-1-3(6(5)8)9(10)11/h1-2,12H. The molecular weight excluding hydrogens is 249 g/mol. The average molecular weight is 252 g/mol. The summed E-state index contributed by atoms with van der Waals surface area (Å²) in [6.07, 6.45) is 0. The van der Waals surface area contributed by atoms with Crippen LogP contribution in [0.25, 0.3) is 0 Å². The molecule has 0 aliphatic carbocycles. The van der Waals surface area contributed by atoms with Gasteiger partial charge >= 0.3 is 5.69 Å². The number of benzene rings is 1. The van der Waals surface area contributed by atoms with Crippen molar-refractivity contribution in [3.63, 3.8) is 0 Å². The van der Waals surface area contributed by atoms with Crippen LogP contribution in [0.4, 0.5) is 10.1 Å². The maximum Gasteiger partial charge on any atom is 0.306 e. The second-order valence-electron chi connectivity index (χ2n) is 1.99. The number of nitrogens with zero attached hydrogens (tertiary/aromatic N) is 1. The second-order valence-corrected chi connectivity index (χ2v) is 3.26. The van der Waals surface area contributed by atoms with Crippen molar-refractivity contribution in [3.05, 3.63) is 32.5 Å². The summed E-state index contributed by atoms with van der Waals surface area (Å²) in [6, 6.07) is 2.43. The summed E-state index contributed by atoms with van der Waals surface area (Å²) >= 11 is 6.72. The Balaban J connectivity index is 3.36. The monoisotopic (exact) mass is 251 g/mol. The van der Waals surface area contributed by atoms with Crippen molar-refractivity contribution in [3.8, 4) is 0 Å². The van der Waals surface area contributed by atoms with Gasteiger partial charge in [0, 0.05) is 11.0 Å². The molecule has 64 valence electrons. The zero-order chi connectivity index (χ0) is 9.30. The zero-order valence-corrected chi connectivity index (χ0v) is 8.10. The first-order valence-corrected chi connectivity index (χ1v) is 4.09. The van der Waals surface area contributed by atoms with E-state index in [2.05, 4.69) is 28.6 Å². The average Bonchev–Trinajstić information content (AvgIpc) is 2.00. The van der Waals surface area contributed by atoms with Crippen LogP contribution in [-0.4, -0.2) is 4.92 Å². The van der Waals surface area contributed by atoms with Crippen molar-refractivity contribution >= 4 is 34.2 Å². The molecule has 1 aromatic rings. The number of nitro benzene ring substituents is 1. The molecule has 1 aromatic carbocycles. The number of rotatable bonds is 1. The van der Waals surface area contributed by atoms with Crippen LogP contribution in [0.3, 0.4) is 0 Å². The van der Waals surface area contributed by atoms with Crippen LogP contribution < -0.4 is 0 Å². The summed E-state index contributed by atoms with van der Waals surface area (Å²) in [4.78, 5) is 9.75. The molecule has 0 saturated carbocycles. The van der Waals surface area contributed by atoms with Gasteiger partial charge in [0.1, 0.15) is 0 Å². The van der Waals surface area contributed by atoms with Crippen LogP contribution in [0.15, 0.2) is 21.5 Å². The largest absolute Gasteiger partial charge is 0.306 e. The van der Waals surface area contributed by atoms with Crippen LogP contribution in [0.5, 0.6) is 0 Å². The molecule has 0 aliphatic heterocycles. The van der Waals surface area contributed by atoms with E-state index in [1.54, 1.807) is 0 Å². The van der Waals surface area contributed by atoms with E-state index < -0.39 is 16.4 Å². The highest BCUT2D eigenvalue weighted by atomic mass is 79.9. The fourth-order valence-corrected chi connectivity index (χ4v) is 1.18. The Morgan fingerprint density at radius 2 is 2.17 bits per heavy atom. The summed E-state index contributed by atoms with van der Waals surface area (Å²) < 4.78 is 13.0. The lowest BCUT2D eigenvalue weighted by Gasteiger charge is -1.98. The summed E-state index contributed by atoms with van der Waals surface area (Å²) in [7, 11) is 0. The molecule has 0 aliphatic rings. The number of hydrogen-bond acceptors (Lipinski definition) is 3. The third kappa shape index (κ3) is 1.59. The van der Waals surface area contributed by atoms with Crippen molar-refractivity contribution in [1.29, 1.82) is 0 Å². The topological polar surface area (TPSA) is 43.1 Å². The normalized spacial score (nSPS) is 9.92. The molecule has 0 heterocycles. The first-order valence-electron chi connectivity index (χ1n) is 2.85. The molecule has 3 nitrogen and oxygen atoms in total. The Bertz CT molecular complexity index is 345. The number of hydrogen-bond donors (Lipinski definition) is 1. The number of thiol groups is 1. The van der Waals surface area contributed by atoms with Crippen molar-refractivity contribution in [2.75, 3.05) is 0 Å². The Hall–Kier alpha value is -0.620. The molecule has 0 aromatic heterocycles. The highest BCUT2D eigenvalue weighted by Gasteiger charge is 2.17. The quantitative estimate of drug-likeness (QED) is 0.474. The van der Waals surface area contributed by atoms with E-state index in [4.69, 9.17) is 0 Å². The first kappa shape index (κ1) is 9.47. The SMILES string of the molecule is O=[N+]([O-])c1ccc(S)c(Br)c1F. The smallest absolute Gasteiger partial charge is 0.258 e. The molecule has 12 heavy (non-hydrogen) atoms. The van der Waals surface area contributed by atoms with E-state index in [9.17, 15) is 14.5 Å². The minimum absolute atomic E-state index is 0.0139. The van der Waals surface area contributed by atoms with Gasteiger partial charge in [-0.2, -0.15) is 4.39 Å². The molecular formula is C6H3BrFNO2S. The van der Waals surface area contributed by atoms with Crippen LogP contribution in [0.2, 0.25) is 0 Å². The molecule has 0 amide bonds. The predicted molar refractivity (Wildman–Crippen MR) is 48.0 cm³/mol. The maximum absolute atomic E-state index is 13.0. The minimum atomic E-state index is -0.896. The van der Waals surface area contributed by atoms with Crippen LogP contribution >= 0.6 is 28.6 Å². The van der Waals surface area contributed by atoms with Crippen LogP contribution in [-0.2, 0) is 0 Å². The van der Waals surface area contributed by atoms with E-state index in [0.717, 1.165) is 6.07 Å². The lowest BCUT2D eigenvalue weighted by Crippen LogP contribution is -1.93. The van der Waals surface area contributed by atoms with E-state index in [-0.39, 0.29) is 4.47 Å². The molecule has 0 saturated heterocycles. The number of nitro groups is 1. The molecule has 0 N–H and O–H groups in total. The summed E-state index contributed by atoms with van der Waals surface area (Å²) in [6.45, 7) is 0. The summed E-state index contributed by atoms with van der Waals surface area (Å²) in [5.74, 6) is -0.896. The maximum atomic E-state index is 13.0. The van der Waals surface area contributed by atoms with Gasteiger partial charge in [-0.3, -0.25) is 10.1 Å². The molecule has 0 unspecified atom stereocenters. The van der Waals surface area contributed by atoms with E-state index in [0.29, 0.717) is 4.90 Å². The molecule has 0 fully saturated rings. The predicted octanol–water partition coefficient (Wildman–Crippen LogP) is 2.79. The molecule has 1 rings (SSSR count). The fourth-order valence-electron chi connectivity index (χ4n) is 0.670. The third-order valence-corrected chi connectivity index (χ3v) is 2.69. The third-order valence-electron chi connectivity index (χ3n) is 1.24. The molecule has 0 radical (unpaired) electrons. The van der Waals surface area contributed by atoms with Gasteiger partial charge in [-0.15, -0.1) is 12.6 Å². The van der Waals surface area contributed by atoms with Gasteiger partial charge in [-0.1, -0.05) is 0 Å². The van der Waals surface area contributed by atoms with Crippen molar-refractivity contribution in [2.45, 2.75) is 4.90 Å². The van der Waals surface area contributed by atoms with E-state index >= 15 is 0 Å². The van der Waals surface area contributed by atoms with Crippen molar-refractivity contribution in [2.24, 2.45) is 0 Å². The van der Waals surface area contributed by atoms with Gasteiger partial charge in [0.2, 0.25) is 5.82 Å². The highest BCUT2D eigenvalue weighted by molar-refractivity contribution is 9.10. The van der Waals surface area contributed by atoms with Gasteiger partial charge in [0.25, 0.3) is 0 Å². The lowest BCUT2D eigenvalue weighted by molar-refractivity contribution is -0.387. The van der Waals surface area contributed by atoms with E-state index in [1.807, 2.05) is 0 Å². The zero-order valence-electron chi connectivity index (χ0n) is 5.62. The van der Waals surface area contributed by atoms with Gasteiger partial charge in [0.15, 0.2) is 0 Å².